The maximum Gasteiger partial charge on any atom is 0.311 e. The first-order valence-electron chi connectivity index (χ1n) is 12.4. The van der Waals surface area contributed by atoms with Crippen molar-refractivity contribution in [1.29, 1.82) is 0 Å². The van der Waals surface area contributed by atoms with Crippen molar-refractivity contribution in [1.82, 2.24) is 4.90 Å². The number of esters is 1. The molecule has 4 aliphatic rings. The molecular weight excluding hydrogens is 402 g/mol. The topological polar surface area (TPSA) is 70.0 Å². The van der Waals surface area contributed by atoms with Gasteiger partial charge in [-0.15, -0.1) is 0 Å². The fraction of sp³-hybridized carbons (Fsp3) is 0.667. The van der Waals surface area contributed by atoms with Crippen LogP contribution in [0.25, 0.3) is 0 Å². The zero-order valence-corrected chi connectivity index (χ0v) is 19.4. The average Bonchev–Trinajstić information content (AvgIpc) is 3.08. The molecule has 3 fully saturated rings. The minimum absolute atomic E-state index is 0.143. The first kappa shape index (κ1) is 22.1. The second-order valence-corrected chi connectivity index (χ2v) is 11.0. The van der Waals surface area contributed by atoms with Crippen LogP contribution in [0.1, 0.15) is 51.5 Å². The van der Waals surface area contributed by atoms with Gasteiger partial charge in [-0.05, 0) is 37.2 Å². The van der Waals surface area contributed by atoms with Crippen molar-refractivity contribution >= 4 is 5.97 Å². The van der Waals surface area contributed by atoms with E-state index in [1.807, 2.05) is 18.2 Å². The highest BCUT2D eigenvalue weighted by Crippen LogP contribution is 2.56. The van der Waals surface area contributed by atoms with Crippen LogP contribution < -0.4 is 0 Å². The lowest BCUT2D eigenvalue weighted by Crippen LogP contribution is -2.55. The summed E-state index contributed by atoms with van der Waals surface area (Å²) in [6.07, 6.45) is 6.48. The molecule has 1 aromatic carbocycles. The van der Waals surface area contributed by atoms with E-state index in [2.05, 4.69) is 37.0 Å². The Labute approximate surface area is 191 Å². The number of ether oxygens (including phenoxy) is 1. The van der Waals surface area contributed by atoms with E-state index in [0.29, 0.717) is 31.7 Å². The molecule has 0 bridgehead atoms. The maximum atomic E-state index is 12.9. The fourth-order valence-corrected chi connectivity index (χ4v) is 6.86. The molecule has 1 aromatic rings. The Morgan fingerprint density at radius 3 is 2.62 bits per heavy atom. The number of aliphatic hydroxyl groups excluding tert-OH is 1. The molecule has 0 amide bonds. The Morgan fingerprint density at radius 2 is 1.91 bits per heavy atom. The predicted octanol–water partition coefficient (Wildman–Crippen LogP) is 3.34. The molecule has 32 heavy (non-hydrogen) atoms. The molecule has 0 radical (unpaired) electrons. The number of carbonyl (C=O) groups is 1. The van der Waals surface area contributed by atoms with E-state index in [0.717, 1.165) is 37.9 Å². The van der Waals surface area contributed by atoms with Crippen LogP contribution in [0, 0.1) is 23.2 Å². The lowest BCUT2D eigenvalue weighted by atomic mass is 9.55. The van der Waals surface area contributed by atoms with E-state index in [-0.39, 0.29) is 29.3 Å². The quantitative estimate of drug-likeness (QED) is 0.556. The Bertz CT molecular complexity index is 875. The van der Waals surface area contributed by atoms with Gasteiger partial charge in [-0.3, -0.25) is 4.79 Å². The molecule has 2 aliphatic heterocycles. The van der Waals surface area contributed by atoms with Gasteiger partial charge in [0.15, 0.2) is 0 Å². The van der Waals surface area contributed by atoms with Gasteiger partial charge in [-0.25, -0.2) is 0 Å². The van der Waals surface area contributed by atoms with Crippen molar-refractivity contribution in [2.75, 3.05) is 19.6 Å². The van der Waals surface area contributed by atoms with Crippen molar-refractivity contribution < 1.29 is 19.7 Å². The molecule has 6 atom stereocenters. The van der Waals surface area contributed by atoms with Crippen LogP contribution in [0.3, 0.4) is 0 Å². The molecule has 2 aliphatic carbocycles. The normalized spacial score (nSPS) is 39.1. The SMILES string of the molecule is C[C@H]1CCC=C2C[C@H]3OC(=O)[C@H](CN4CCC(O)(Cc5ccccc5)CC4)[C@@H]3[C@H](O)[C@@]21C. The number of fused-ring (bicyclic) bond motifs is 2. The Hall–Kier alpha value is -1.69. The number of rotatable bonds is 4. The summed E-state index contributed by atoms with van der Waals surface area (Å²) in [6.45, 7) is 6.57. The second-order valence-electron chi connectivity index (χ2n) is 11.0. The molecule has 2 saturated heterocycles. The predicted molar refractivity (Wildman–Crippen MR) is 123 cm³/mol. The van der Waals surface area contributed by atoms with E-state index < -0.39 is 11.7 Å². The van der Waals surface area contributed by atoms with Gasteiger partial charge in [0, 0.05) is 43.8 Å². The summed E-state index contributed by atoms with van der Waals surface area (Å²) in [5.41, 5.74) is 1.49. The summed E-state index contributed by atoms with van der Waals surface area (Å²) in [5, 5.41) is 22.7. The van der Waals surface area contributed by atoms with Crippen LogP contribution in [-0.2, 0) is 16.0 Å². The molecular formula is C27H37NO4. The molecule has 0 aromatic heterocycles. The van der Waals surface area contributed by atoms with Crippen molar-refractivity contribution in [3.8, 4) is 0 Å². The molecule has 5 nitrogen and oxygen atoms in total. The lowest BCUT2D eigenvalue weighted by molar-refractivity contribution is -0.145. The standard InChI is InChI=1S/C27H37NO4/c1-18-7-6-10-20-15-22-23(24(29)26(18,20)2)21(25(30)32-22)17-28-13-11-27(31,12-14-28)16-19-8-4-3-5-9-19/h3-5,8-10,18,21-24,29,31H,6-7,11-17H2,1-2H3/t18-,21+,22+,23-,24-,26+/m0/s1. The Morgan fingerprint density at radius 1 is 1.19 bits per heavy atom. The first-order valence-corrected chi connectivity index (χ1v) is 12.4. The number of carbonyl (C=O) groups excluding carboxylic acids is 1. The highest BCUT2D eigenvalue weighted by molar-refractivity contribution is 5.76. The maximum absolute atomic E-state index is 12.9. The van der Waals surface area contributed by atoms with E-state index in [1.54, 1.807) is 0 Å². The van der Waals surface area contributed by atoms with Crippen LogP contribution in [0.15, 0.2) is 42.0 Å². The number of hydrogen-bond donors (Lipinski definition) is 2. The monoisotopic (exact) mass is 439 g/mol. The summed E-state index contributed by atoms with van der Waals surface area (Å²) in [6, 6.07) is 10.2. The summed E-state index contributed by atoms with van der Waals surface area (Å²) in [4.78, 5) is 15.2. The molecule has 174 valence electrons. The third-order valence-corrected chi connectivity index (χ3v) is 9.19. The van der Waals surface area contributed by atoms with Gasteiger partial charge in [-0.2, -0.15) is 0 Å². The number of nitrogens with zero attached hydrogens (tertiary/aromatic N) is 1. The van der Waals surface area contributed by atoms with Gasteiger partial charge in [0.2, 0.25) is 0 Å². The zero-order valence-electron chi connectivity index (χ0n) is 19.4. The summed E-state index contributed by atoms with van der Waals surface area (Å²) in [7, 11) is 0. The van der Waals surface area contributed by atoms with Crippen molar-refractivity contribution in [3.05, 3.63) is 47.5 Å². The minimum Gasteiger partial charge on any atom is -0.461 e. The van der Waals surface area contributed by atoms with Crippen molar-refractivity contribution in [3.63, 3.8) is 0 Å². The number of benzene rings is 1. The zero-order chi connectivity index (χ0) is 22.5. The molecule has 2 N–H and O–H groups in total. The molecule has 5 rings (SSSR count). The highest BCUT2D eigenvalue weighted by Gasteiger charge is 2.59. The average molecular weight is 440 g/mol. The van der Waals surface area contributed by atoms with Crippen LogP contribution >= 0.6 is 0 Å². The fourth-order valence-electron chi connectivity index (χ4n) is 6.86. The summed E-state index contributed by atoms with van der Waals surface area (Å²) in [5.74, 6) is -0.185. The lowest BCUT2D eigenvalue weighted by Gasteiger charge is -2.52. The highest BCUT2D eigenvalue weighted by atomic mass is 16.6. The van der Waals surface area contributed by atoms with Gasteiger partial charge in [0.05, 0.1) is 17.6 Å². The Kier molecular flexibility index (Phi) is 5.71. The van der Waals surface area contributed by atoms with Gasteiger partial charge < -0.3 is 19.8 Å². The van der Waals surface area contributed by atoms with Gasteiger partial charge in [0.25, 0.3) is 0 Å². The number of hydrogen-bond acceptors (Lipinski definition) is 5. The van der Waals surface area contributed by atoms with Gasteiger partial charge in [-0.1, -0.05) is 55.8 Å². The van der Waals surface area contributed by atoms with E-state index in [9.17, 15) is 15.0 Å². The molecule has 5 heteroatoms. The molecule has 0 unspecified atom stereocenters. The van der Waals surface area contributed by atoms with Crippen LogP contribution in [0.4, 0.5) is 0 Å². The Balaban J connectivity index is 1.26. The summed E-state index contributed by atoms with van der Waals surface area (Å²) < 4.78 is 5.82. The largest absolute Gasteiger partial charge is 0.461 e. The van der Waals surface area contributed by atoms with Crippen LogP contribution in [-0.4, -0.2) is 58.5 Å². The third-order valence-electron chi connectivity index (χ3n) is 9.19. The van der Waals surface area contributed by atoms with Crippen LogP contribution in [0.2, 0.25) is 0 Å². The van der Waals surface area contributed by atoms with E-state index >= 15 is 0 Å². The second kappa shape index (κ2) is 8.27. The first-order chi connectivity index (χ1) is 15.3. The number of likely N-dealkylation sites (tertiary alicyclic amines) is 1. The minimum atomic E-state index is -0.689. The van der Waals surface area contributed by atoms with Crippen LogP contribution in [0.5, 0.6) is 0 Å². The molecule has 0 spiro atoms. The molecule has 2 heterocycles. The summed E-state index contributed by atoms with van der Waals surface area (Å²) >= 11 is 0. The van der Waals surface area contributed by atoms with Gasteiger partial charge >= 0.3 is 5.97 Å². The third kappa shape index (κ3) is 3.72. The van der Waals surface area contributed by atoms with E-state index in [4.69, 9.17) is 4.74 Å². The number of allylic oxidation sites excluding steroid dienone is 1. The van der Waals surface area contributed by atoms with Crippen molar-refractivity contribution in [2.45, 2.75) is 70.2 Å². The van der Waals surface area contributed by atoms with Crippen molar-refractivity contribution in [2.24, 2.45) is 23.2 Å². The molecule has 1 saturated carbocycles. The smallest absolute Gasteiger partial charge is 0.311 e. The van der Waals surface area contributed by atoms with E-state index in [1.165, 1.54) is 5.57 Å². The number of aliphatic hydroxyl groups is 2. The van der Waals surface area contributed by atoms with Gasteiger partial charge in [0.1, 0.15) is 6.10 Å². The number of piperidine rings is 1.